The monoisotopic (exact) mass is 404 g/mol. The van der Waals surface area contributed by atoms with Crippen molar-refractivity contribution in [2.24, 2.45) is 4.99 Å². The number of ether oxygens (including phenoxy) is 2. The molecule has 1 aromatic rings. The zero-order valence-corrected chi connectivity index (χ0v) is 17.3. The number of nitrogens with zero attached hydrogens (tertiary/aromatic N) is 2. The predicted octanol–water partition coefficient (Wildman–Crippen LogP) is 2.49. The minimum atomic E-state index is -0.213. The van der Waals surface area contributed by atoms with Crippen LogP contribution in [0.2, 0.25) is 0 Å². The molecule has 2 aliphatic heterocycles. The lowest BCUT2D eigenvalue weighted by Crippen LogP contribution is -2.42. The summed E-state index contributed by atoms with van der Waals surface area (Å²) >= 11 is 0. The minimum Gasteiger partial charge on any atom is -0.379 e. The number of nitrogens with one attached hydrogen (secondary N) is 2. The summed E-state index contributed by atoms with van der Waals surface area (Å²) in [6, 6.07) is 6.88. The highest BCUT2D eigenvalue weighted by Crippen LogP contribution is 2.22. The molecule has 0 aliphatic carbocycles. The second kappa shape index (κ2) is 11.9. The largest absolute Gasteiger partial charge is 0.379 e. The first-order valence-electron chi connectivity index (χ1n) is 10.6. The lowest BCUT2D eigenvalue weighted by molar-refractivity contribution is 0.0179. The van der Waals surface area contributed by atoms with Gasteiger partial charge >= 0.3 is 0 Å². The molecule has 1 unspecified atom stereocenters. The molecule has 6 nitrogen and oxygen atoms in total. The van der Waals surface area contributed by atoms with Gasteiger partial charge in [-0.1, -0.05) is 23.8 Å². The van der Waals surface area contributed by atoms with Crippen molar-refractivity contribution in [1.82, 2.24) is 15.5 Å². The first-order valence-corrected chi connectivity index (χ1v) is 10.6. The molecule has 3 rings (SSSR count). The topological polar surface area (TPSA) is 58.1 Å². The number of halogens is 1. The lowest BCUT2D eigenvalue weighted by Gasteiger charge is -2.34. The van der Waals surface area contributed by atoms with E-state index in [4.69, 9.17) is 14.5 Å². The lowest BCUT2D eigenvalue weighted by atomic mass is 10.0. The molecule has 29 heavy (non-hydrogen) atoms. The Bertz CT molecular complexity index is 672. The molecule has 7 heteroatoms. The second-order valence-electron chi connectivity index (χ2n) is 7.30. The SMILES string of the molecule is CCNC(=NCC(c1ccc(F)cc1)N1CCOCC1)NCCC1=CCOCC1. The van der Waals surface area contributed by atoms with Gasteiger partial charge in [-0.3, -0.25) is 9.89 Å². The van der Waals surface area contributed by atoms with Gasteiger partial charge in [0, 0.05) is 26.2 Å². The third-order valence-electron chi connectivity index (χ3n) is 5.30. The van der Waals surface area contributed by atoms with Crippen molar-refractivity contribution < 1.29 is 13.9 Å². The van der Waals surface area contributed by atoms with Gasteiger partial charge in [-0.05, 0) is 37.5 Å². The summed E-state index contributed by atoms with van der Waals surface area (Å²) in [4.78, 5) is 7.22. The minimum absolute atomic E-state index is 0.105. The molecule has 0 spiro atoms. The Labute approximate surface area is 173 Å². The van der Waals surface area contributed by atoms with Gasteiger partial charge < -0.3 is 20.1 Å². The van der Waals surface area contributed by atoms with E-state index < -0.39 is 0 Å². The van der Waals surface area contributed by atoms with Crippen LogP contribution in [0.3, 0.4) is 0 Å². The zero-order chi connectivity index (χ0) is 20.3. The first-order chi connectivity index (χ1) is 14.3. The van der Waals surface area contributed by atoms with Crippen molar-refractivity contribution in [3.8, 4) is 0 Å². The van der Waals surface area contributed by atoms with E-state index in [0.29, 0.717) is 6.54 Å². The number of aliphatic imine (C=N–C) groups is 1. The summed E-state index contributed by atoms with van der Waals surface area (Å²) in [5, 5.41) is 6.77. The third kappa shape index (κ3) is 7.10. The molecule has 160 valence electrons. The Morgan fingerprint density at radius 3 is 2.62 bits per heavy atom. The van der Waals surface area contributed by atoms with Crippen molar-refractivity contribution >= 4 is 5.96 Å². The molecule has 0 saturated carbocycles. The van der Waals surface area contributed by atoms with E-state index in [-0.39, 0.29) is 11.9 Å². The molecule has 1 fully saturated rings. The summed E-state index contributed by atoms with van der Waals surface area (Å²) in [5.41, 5.74) is 2.53. The number of hydrogen-bond acceptors (Lipinski definition) is 4. The number of rotatable bonds is 8. The summed E-state index contributed by atoms with van der Waals surface area (Å²) in [7, 11) is 0. The Balaban J connectivity index is 1.63. The molecule has 0 amide bonds. The molecule has 1 aromatic carbocycles. The number of benzene rings is 1. The van der Waals surface area contributed by atoms with Crippen LogP contribution in [-0.4, -0.2) is 70.0 Å². The van der Waals surface area contributed by atoms with Crippen LogP contribution in [0, 0.1) is 5.82 Å². The van der Waals surface area contributed by atoms with Gasteiger partial charge in [0.1, 0.15) is 5.82 Å². The van der Waals surface area contributed by atoms with Crippen LogP contribution in [0.5, 0.6) is 0 Å². The highest BCUT2D eigenvalue weighted by molar-refractivity contribution is 5.79. The Morgan fingerprint density at radius 1 is 1.14 bits per heavy atom. The highest BCUT2D eigenvalue weighted by atomic mass is 19.1. The normalized spacial score (nSPS) is 19.5. The molecule has 1 saturated heterocycles. The van der Waals surface area contributed by atoms with E-state index in [2.05, 4.69) is 28.5 Å². The highest BCUT2D eigenvalue weighted by Gasteiger charge is 2.22. The van der Waals surface area contributed by atoms with Crippen molar-refractivity contribution in [2.45, 2.75) is 25.8 Å². The van der Waals surface area contributed by atoms with E-state index in [1.165, 1.54) is 17.7 Å². The molecule has 2 aliphatic rings. The summed E-state index contributed by atoms with van der Waals surface area (Å²) in [6.07, 6.45) is 4.19. The summed E-state index contributed by atoms with van der Waals surface area (Å²) in [5.74, 6) is 0.607. The summed E-state index contributed by atoms with van der Waals surface area (Å²) < 4.78 is 24.3. The van der Waals surface area contributed by atoms with E-state index in [1.54, 1.807) is 0 Å². The van der Waals surface area contributed by atoms with E-state index in [9.17, 15) is 4.39 Å². The van der Waals surface area contributed by atoms with Crippen LogP contribution in [-0.2, 0) is 9.47 Å². The van der Waals surface area contributed by atoms with Gasteiger partial charge in [0.05, 0.1) is 39.0 Å². The third-order valence-corrected chi connectivity index (χ3v) is 5.30. The first kappa shape index (κ1) is 21.7. The molecule has 2 heterocycles. The van der Waals surface area contributed by atoms with Crippen molar-refractivity contribution in [3.63, 3.8) is 0 Å². The number of morpholine rings is 1. The van der Waals surface area contributed by atoms with E-state index >= 15 is 0 Å². The quantitative estimate of drug-likeness (QED) is 0.396. The molecule has 0 aromatic heterocycles. The van der Waals surface area contributed by atoms with Crippen molar-refractivity contribution in [2.75, 3.05) is 59.2 Å². The molecule has 2 N–H and O–H groups in total. The maximum atomic E-state index is 13.4. The smallest absolute Gasteiger partial charge is 0.191 e. The molecule has 0 radical (unpaired) electrons. The molecule has 0 bridgehead atoms. The van der Waals surface area contributed by atoms with Crippen molar-refractivity contribution in [3.05, 3.63) is 47.3 Å². The van der Waals surface area contributed by atoms with Crippen LogP contribution in [0.15, 0.2) is 40.9 Å². The van der Waals surface area contributed by atoms with Gasteiger partial charge in [-0.2, -0.15) is 0 Å². The average molecular weight is 405 g/mol. The van der Waals surface area contributed by atoms with Gasteiger partial charge in [0.15, 0.2) is 5.96 Å². The van der Waals surface area contributed by atoms with Gasteiger partial charge in [0.2, 0.25) is 0 Å². The molecular weight excluding hydrogens is 371 g/mol. The van der Waals surface area contributed by atoms with Crippen molar-refractivity contribution in [1.29, 1.82) is 0 Å². The maximum Gasteiger partial charge on any atom is 0.191 e. The summed E-state index contributed by atoms with van der Waals surface area (Å²) in [6.45, 7) is 9.03. The average Bonchev–Trinajstić information content (AvgIpc) is 2.76. The van der Waals surface area contributed by atoms with Crippen LogP contribution in [0.4, 0.5) is 4.39 Å². The maximum absolute atomic E-state index is 13.4. The van der Waals surface area contributed by atoms with Gasteiger partial charge in [-0.15, -0.1) is 0 Å². The Morgan fingerprint density at radius 2 is 1.93 bits per heavy atom. The molecular formula is C22H33FN4O2. The van der Waals surface area contributed by atoms with E-state index in [0.717, 1.165) is 77.0 Å². The Kier molecular flexibility index (Phi) is 8.92. The fraction of sp³-hybridized carbons (Fsp3) is 0.591. The predicted molar refractivity (Wildman–Crippen MR) is 114 cm³/mol. The second-order valence-corrected chi connectivity index (χ2v) is 7.30. The standard InChI is InChI=1S/C22H33FN4O2/c1-2-24-22(25-10-7-18-8-13-28-14-9-18)26-17-21(27-11-15-29-16-12-27)19-3-5-20(23)6-4-19/h3-6,8,21H,2,7,9-17H2,1H3,(H2,24,25,26). The molecule has 1 atom stereocenters. The fourth-order valence-corrected chi connectivity index (χ4v) is 3.66. The van der Waals surface area contributed by atoms with Crippen LogP contribution in [0.25, 0.3) is 0 Å². The fourth-order valence-electron chi connectivity index (χ4n) is 3.66. The van der Waals surface area contributed by atoms with E-state index in [1.807, 2.05) is 12.1 Å². The zero-order valence-electron chi connectivity index (χ0n) is 17.3. The van der Waals surface area contributed by atoms with Crippen LogP contribution >= 0.6 is 0 Å². The van der Waals surface area contributed by atoms with Gasteiger partial charge in [-0.25, -0.2) is 4.39 Å². The number of guanidine groups is 1. The van der Waals surface area contributed by atoms with Gasteiger partial charge in [0.25, 0.3) is 0 Å². The Hall–Kier alpha value is -1.96. The number of hydrogen-bond donors (Lipinski definition) is 2. The van der Waals surface area contributed by atoms with Crippen LogP contribution in [0.1, 0.15) is 31.4 Å². The van der Waals surface area contributed by atoms with Crippen LogP contribution < -0.4 is 10.6 Å².